The minimum atomic E-state index is -0.422. The van der Waals surface area contributed by atoms with E-state index in [0.717, 1.165) is 18.7 Å². The number of fused-ring (bicyclic) bond motifs is 1. The molecule has 0 radical (unpaired) electrons. The topological polar surface area (TPSA) is 100 Å². The summed E-state index contributed by atoms with van der Waals surface area (Å²) in [5.74, 6) is 1.85. The number of hydrogen-bond donors (Lipinski definition) is 2. The summed E-state index contributed by atoms with van der Waals surface area (Å²) in [6.45, 7) is 3.94. The Labute approximate surface area is 186 Å². The molecule has 0 amide bonds. The summed E-state index contributed by atoms with van der Waals surface area (Å²) in [6, 6.07) is 6.50. The molecule has 1 atom stereocenters. The fourth-order valence-corrected chi connectivity index (χ4v) is 3.09. The van der Waals surface area contributed by atoms with Gasteiger partial charge >= 0.3 is 0 Å². The predicted octanol–water partition coefficient (Wildman–Crippen LogP) is 2.12. The summed E-state index contributed by atoms with van der Waals surface area (Å²) in [5.41, 5.74) is 0.747. The summed E-state index contributed by atoms with van der Waals surface area (Å²) in [5, 5.41) is 19.9. The van der Waals surface area contributed by atoms with Crippen molar-refractivity contribution in [2.24, 2.45) is 4.99 Å². The van der Waals surface area contributed by atoms with Crippen molar-refractivity contribution >= 4 is 29.9 Å². The van der Waals surface area contributed by atoms with Crippen molar-refractivity contribution in [2.75, 3.05) is 13.7 Å². The van der Waals surface area contributed by atoms with Gasteiger partial charge in [0.2, 0.25) is 0 Å². The molecule has 1 aliphatic rings. The molecule has 2 N–H and O–H groups in total. The van der Waals surface area contributed by atoms with Gasteiger partial charge in [0, 0.05) is 31.7 Å². The van der Waals surface area contributed by atoms with Gasteiger partial charge in [-0.05, 0) is 25.5 Å². The van der Waals surface area contributed by atoms with Crippen LogP contribution in [-0.4, -0.2) is 40.4 Å². The zero-order valence-corrected chi connectivity index (χ0v) is 18.8. The second-order valence-electron chi connectivity index (χ2n) is 6.55. The molecule has 1 aliphatic heterocycles. The van der Waals surface area contributed by atoms with Gasteiger partial charge < -0.3 is 15.4 Å². The lowest BCUT2D eigenvalue weighted by molar-refractivity contribution is 0.177. The third-order valence-electron chi connectivity index (χ3n) is 4.45. The van der Waals surface area contributed by atoms with E-state index in [4.69, 9.17) is 10.00 Å². The van der Waals surface area contributed by atoms with E-state index in [1.807, 2.05) is 17.7 Å². The number of rotatable bonds is 6. The fraction of sp³-hybridized carbons (Fsp3) is 0.474. The largest absolute Gasteiger partial charge is 0.377 e. The van der Waals surface area contributed by atoms with Crippen molar-refractivity contribution in [3.63, 3.8) is 0 Å². The quantitative estimate of drug-likeness (QED) is 0.349. The smallest absolute Gasteiger partial charge is 0.191 e. The molecule has 1 aromatic carbocycles. The molecule has 2 heterocycles. The minimum Gasteiger partial charge on any atom is -0.377 e. The molecule has 0 bridgehead atoms. The van der Waals surface area contributed by atoms with Crippen LogP contribution in [0.5, 0.6) is 0 Å². The average Bonchev–Trinajstić information content (AvgIpc) is 3.09. The summed E-state index contributed by atoms with van der Waals surface area (Å²) >= 11 is 0. The van der Waals surface area contributed by atoms with Crippen molar-refractivity contribution < 1.29 is 9.13 Å². The van der Waals surface area contributed by atoms with Crippen LogP contribution in [0.1, 0.15) is 36.1 Å². The van der Waals surface area contributed by atoms with Gasteiger partial charge in [-0.25, -0.2) is 19.0 Å². The first-order chi connectivity index (χ1) is 13.6. The van der Waals surface area contributed by atoms with Crippen molar-refractivity contribution in [1.29, 1.82) is 5.26 Å². The molecular weight excluding hydrogens is 488 g/mol. The number of halogens is 2. The highest BCUT2D eigenvalue weighted by molar-refractivity contribution is 14.0. The molecule has 8 nitrogen and oxygen atoms in total. The van der Waals surface area contributed by atoms with Crippen molar-refractivity contribution in [3.8, 4) is 6.07 Å². The Morgan fingerprint density at radius 2 is 2.31 bits per heavy atom. The maximum atomic E-state index is 14.1. The van der Waals surface area contributed by atoms with Crippen LogP contribution in [0.3, 0.4) is 0 Å². The lowest BCUT2D eigenvalue weighted by atomic mass is 10.1. The Hall–Kier alpha value is -2.26. The van der Waals surface area contributed by atoms with Crippen molar-refractivity contribution in [3.05, 3.63) is 46.8 Å². The third-order valence-corrected chi connectivity index (χ3v) is 4.45. The number of aryl methyl sites for hydroxylation is 1. The molecule has 156 valence electrons. The maximum Gasteiger partial charge on any atom is 0.191 e. The summed E-state index contributed by atoms with van der Waals surface area (Å²) < 4.78 is 21.1. The number of aliphatic imine (C=N–C) groups is 1. The first kappa shape index (κ1) is 23.0. The monoisotopic (exact) mass is 513 g/mol. The fourth-order valence-electron chi connectivity index (χ4n) is 3.09. The van der Waals surface area contributed by atoms with Crippen LogP contribution in [0.4, 0.5) is 4.39 Å². The first-order valence-corrected chi connectivity index (χ1v) is 9.27. The van der Waals surface area contributed by atoms with Gasteiger partial charge in [0.15, 0.2) is 11.8 Å². The first-order valence-electron chi connectivity index (χ1n) is 9.27. The number of hydrogen-bond acceptors (Lipinski definition) is 5. The van der Waals surface area contributed by atoms with Gasteiger partial charge in [0.1, 0.15) is 18.2 Å². The van der Waals surface area contributed by atoms with Crippen LogP contribution < -0.4 is 10.6 Å². The van der Waals surface area contributed by atoms with Gasteiger partial charge in [-0.1, -0.05) is 6.07 Å². The predicted molar refractivity (Wildman–Crippen MR) is 117 cm³/mol. The number of methoxy groups -OCH3 is 1. The molecule has 0 saturated heterocycles. The Morgan fingerprint density at radius 1 is 1.48 bits per heavy atom. The SMILES string of the molecule is CCNC(=NCc1ccc(C#N)cc1F)NC1CCc2nc(COC)nn2C1.I. The number of benzene rings is 1. The average molecular weight is 513 g/mol. The summed E-state index contributed by atoms with van der Waals surface area (Å²) in [6.07, 6.45) is 1.72. The summed E-state index contributed by atoms with van der Waals surface area (Å²) in [4.78, 5) is 8.97. The van der Waals surface area contributed by atoms with E-state index in [1.54, 1.807) is 19.2 Å². The lowest BCUT2D eigenvalue weighted by Gasteiger charge is -2.25. The zero-order chi connectivity index (χ0) is 19.9. The molecule has 2 aromatic rings. The van der Waals surface area contributed by atoms with Gasteiger partial charge in [-0.3, -0.25) is 0 Å². The molecule has 0 aliphatic carbocycles. The van der Waals surface area contributed by atoms with E-state index in [2.05, 4.69) is 25.7 Å². The van der Waals surface area contributed by atoms with E-state index in [-0.39, 0.29) is 36.6 Å². The Balaban J connectivity index is 0.00000300. The zero-order valence-electron chi connectivity index (χ0n) is 16.5. The third kappa shape index (κ3) is 6.11. The maximum absolute atomic E-state index is 14.1. The number of aromatic nitrogens is 3. The number of nitriles is 1. The molecule has 0 saturated carbocycles. The van der Waals surface area contributed by atoms with Crippen LogP contribution >= 0.6 is 24.0 Å². The Kier molecular flexibility index (Phi) is 8.78. The highest BCUT2D eigenvalue weighted by atomic mass is 127. The Bertz CT molecular complexity index is 893. The molecule has 0 fully saturated rings. The standard InChI is InChI=1S/C19H24FN7O.HI/c1-3-22-19(23-10-14-5-4-13(9-21)8-16(14)20)24-15-6-7-18-25-17(12-28-2)26-27(18)11-15;/h4-5,8,15H,3,6-7,10-12H2,1-2H3,(H2,22,23,24);1H. The van der Waals surface area contributed by atoms with Crippen LogP contribution in [0.2, 0.25) is 0 Å². The molecule has 1 unspecified atom stereocenters. The van der Waals surface area contributed by atoms with Crippen LogP contribution in [0, 0.1) is 17.1 Å². The number of nitrogens with one attached hydrogen (secondary N) is 2. The van der Waals surface area contributed by atoms with Crippen molar-refractivity contribution in [1.82, 2.24) is 25.4 Å². The second kappa shape index (κ2) is 11.1. The van der Waals surface area contributed by atoms with E-state index < -0.39 is 5.82 Å². The van der Waals surface area contributed by atoms with E-state index in [1.165, 1.54) is 6.07 Å². The highest BCUT2D eigenvalue weighted by Gasteiger charge is 2.22. The molecule has 0 spiro atoms. The summed E-state index contributed by atoms with van der Waals surface area (Å²) in [7, 11) is 1.63. The second-order valence-corrected chi connectivity index (χ2v) is 6.55. The highest BCUT2D eigenvalue weighted by Crippen LogP contribution is 2.14. The Morgan fingerprint density at radius 3 is 3.00 bits per heavy atom. The van der Waals surface area contributed by atoms with Crippen LogP contribution in [0.25, 0.3) is 0 Å². The number of nitrogens with zero attached hydrogens (tertiary/aromatic N) is 5. The van der Waals surface area contributed by atoms with Gasteiger partial charge in [-0.15, -0.1) is 24.0 Å². The van der Waals surface area contributed by atoms with E-state index in [0.29, 0.717) is 42.6 Å². The lowest BCUT2D eigenvalue weighted by Crippen LogP contribution is -2.47. The van der Waals surface area contributed by atoms with Gasteiger partial charge in [0.25, 0.3) is 0 Å². The molecule has 29 heavy (non-hydrogen) atoms. The van der Waals surface area contributed by atoms with Crippen LogP contribution in [0.15, 0.2) is 23.2 Å². The number of ether oxygens (including phenoxy) is 1. The normalized spacial score (nSPS) is 15.8. The number of guanidine groups is 1. The van der Waals surface area contributed by atoms with Gasteiger partial charge in [-0.2, -0.15) is 10.4 Å². The van der Waals surface area contributed by atoms with E-state index in [9.17, 15) is 4.39 Å². The van der Waals surface area contributed by atoms with Crippen molar-refractivity contribution in [2.45, 2.75) is 45.5 Å². The van der Waals surface area contributed by atoms with Crippen LogP contribution in [-0.2, 0) is 30.9 Å². The molecule has 3 rings (SSSR count). The van der Waals surface area contributed by atoms with Gasteiger partial charge in [0.05, 0.1) is 24.7 Å². The molecule has 10 heteroatoms. The van der Waals surface area contributed by atoms with E-state index >= 15 is 0 Å². The molecular formula is C19H25FIN7O. The molecule has 1 aromatic heterocycles. The minimum absolute atomic E-state index is 0.